The molecule has 3 rings (SSSR count). The molecule has 44 heavy (non-hydrogen) atoms. The average Bonchev–Trinajstić information content (AvgIpc) is 2.90. The van der Waals surface area contributed by atoms with Gasteiger partial charge in [-0.05, 0) is 74.4 Å². The fourth-order valence-electron chi connectivity index (χ4n) is 8.12. The molecule has 1 aliphatic heterocycles. The van der Waals surface area contributed by atoms with Crippen molar-refractivity contribution in [3.8, 4) is 0 Å². The summed E-state index contributed by atoms with van der Waals surface area (Å²) < 4.78 is 26.0. The SMILES string of the molecule is CCC[C@H](C)C(=O)O[C@H]1C[C@H](C(C)(C)C)C=C2C=C[C@H](C)[C@](CC[C@@H]3C[C@](C)(C(C)(C)C)C(C)(O[SiH3])C(=O)O3)(O[SiH](C)C)[C@H]21. The third-order valence-electron chi connectivity index (χ3n) is 11.7. The van der Waals surface area contributed by atoms with Crippen LogP contribution in [-0.4, -0.2) is 54.9 Å². The lowest BCUT2D eigenvalue weighted by Crippen LogP contribution is -2.64. The number of hydrogen-bond acceptors (Lipinski definition) is 6. The first-order valence-corrected chi connectivity index (χ1v) is 20.8. The van der Waals surface area contributed by atoms with E-state index >= 15 is 0 Å². The van der Waals surface area contributed by atoms with Crippen LogP contribution in [-0.2, 0) is 27.9 Å². The number of allylic oxidation sites excluding steroid dienone is 2. The first-order chi connectivity index (χ1) is 20.2. The molecule has 0 radical (unpaired) electrons. The predicted molar refractivity (Wildman–Crippen MR) is 185 cm³/mol. The van der Waals surface area contributed by atoms with Gasteiger partial charge >= 0.3 is 11.9 Å². The molecule has 252 valence electrons. The van der Waals surface area contributed by atoms with Gasteiger partial charge in [-0.25, -0.2) is 4.79 Å². The molecule has 1 fully saturated rings. The number of ether oxygens (including phenoxy) is 2. The Balaban J connectivity index is 2.06. The van der Waals surface area contributed by atoms with Crippen LogP contribution in [0.4, 0.5) is 0 Å². The highest BCUT2D eigenvalue weighted by Gasteiger charge is 2.62. The van der Waals surface area contributed by atoms with Crippen LogP contribution in [0.15, 0.2) is 23.8 Å². The molecular weight excluding hydrogens is 585 g/mol. The summed E-state index contributed by atoms with van der Waals surface area (Å²) in [5.41, 5.74) is -0.827. The lowest BCUT2D eigenvalue weighted by atomic mass is 9.55. The molecule has 1 saturated heterocycles. The number of carbonyl (C=O) groups excluding carboxylic acids is 2. The summed E-state index contributed by atoms with van der Waals surface area (Å²) in [6.45, 7) is 28.3. The van der Waals surface area contributed by atoms with Gasteiger partial charge < -0.3 is 18.3 Å². The first-order valence-electron chi connectivity index (χ1n) is 17.2. The van der Waals surface area contributed by atoms with E-state index in [0.717, 1.165) is 32.1 Å². The van der Waals surface area contributed by atoms with Gasteiger partial charge in [0.25, 0.3) is 0 Å². The van der Waals surface area contributed by atoms with Crippen LogP contribution >= 0.6 is 0 Å². The summed E-state index contributed by atoms with van der Waals surface area (Å²) in [6, 6.07) is 0. The molecule has 6 nitrogen and oxygen atoms in total. The van der Waals surface area contributed by atoms with Gasteiger partial charge in [0.1, 0.15) is 22.7 Å². The van der Waals surface area contributed by atoms with Gasteiger partial charge in [0.15, 0.2) is 14.6 Å². The Labute approximate surface area is 273 Å². The van der Waals surface area contributed by atoms with Gasteiger partial charge in [0.2, 0.25) is 0 Å². The van der Waals surface area contributed by atoms with Crippen molar-refractivity contribution in [3.05, 3.63) is 23.8 Å². The van der Waals surface area contributed by atoms with E-state index < -0.39 is 25.7 Å². The third-order valence-corrected chi connectivity index (χ3v) is 13.4. The number of hydrogen-bond donors (Lipinski definition) is 0. The quantitative estimate of drug-likeness (QED) is 0.186. The van der Waals surface area contributed by atoms with Crippen LogP contribution in [0.5, 0.6) is 0 Å². The van der Waals surface area contributed by atoms with Gasteiger partial charge in [-0.1, -0.05) is 93.9 Å². The summed E-state index contributed by atoms with van der Waals surface area (Å²) in [5, 5.41) is 0. The lowest BCUT2D eigenvalue weighted by Gasteiger charge is -2.57. The minimum atomic E-state index is -1.55. The predicted octanol–water partition coefficient (Wildman–Crippen LogP) is 7.09. The molecule has 3 aliphatic rings. The summed E-state index contributed by atoms with van der Waals surface area (Å²) >= 11 is 0. The van der Waals surface area contributed by atoms with Gasteiger partial charge in [0.05, 0.1) is 11.5 Å². The fourth-order valence-corrected chi connectivity index (χ4v) is 10.1. The highest BCUT2D eigenvalue weighted by atomic mass is 28.3. The van der Waals surface area contributed by atoms with Gasteiger partial charge in [0, 0.05) is 17.3 Å². The van der Waals surface area contributed by atoms with Crippen molar-refractivity contribution < 1.29 is 27.9 Å². The smallest absolute Gasteiger partial charge is 0.337 e. The topological polar surface area (TPSA) is 71.1 Å². The molecule has 0 amide bonds. The van der Waals surface area contributed by atoms with Crippen molar-refractivity contribution >= 4 is 31.5 Å². The molecule has 0 aromatic rings. The number of cyclic esters (lactones) is 1. The van der Waals surface area contributed by atoms with Crippen molar-refractivity contribution in [2.75, 3.05) is 0 Å². The Kier molecular flexibility index (Phi) is 11.4. The molecule has 2 aliphatic carbocycles. The number of esters is 2. The molecule has 1 unspecified atom stereocenters. The van der Waals surface area contributed by atoms with Crippen LogP contribution < -0.4 is 0 Å². The molecule has 0 aromatic carbocycles. The lowest BCUT2D eigenvalue weighted by molar-refractivity contribution is -0.216. The van der Waals surface area contributed by atoms with Crippen molar-refractivity contribution in [1.29, 1.82) is 0 Å². The molecule has 1 heterocycles. The van der Waals surface area contributed by atoms with E-state index in [2.05, 4.69) is 93.6 Å². The van der Waals surface area contributed by atoms with E-state index in [0.29, 0.717) is 16.9 Å². The molecule has 0 saturated carbocycles. The minimum Gasteiger partial charge on any atom is -0.461 e. The molecule has 0 bridgehead atoms. The van der Waals surface area contributed by atoms with Crippen LogP contribution in [0.3, 0.4) is 0 Å². The highest BCUT2D eigenvalue weighted by molar-refractivity contribution is 6.48. The first kappa shape index (κ1) is 37.2. The minimum absolute atomic E-state index is 0.0372. The van der Waals surface area contributed by atoms with Crippen molar-refractivity contribution in [2.24, 2.45) is 39.9 Å². The van der Waals surface area contributed by atoms with E-state index in [1.807, 2.05) is 13.8 Å². The average molecular weight is 649 g/mol. The third kappa shape index (κ3) is 7.03. The molecule has 0 aromatic heterocycles. The Bertz CT molecular complexity index is 1100. The number of fused-ring (bicyclic) bond motifs is 1. The van der Waals surface area contributed by atoms with Crippen LogP contribution in [0.2, 0.25) is 13.1 Å². The molecular formula is C36H64O6Si2. The van der Waals surface area contributed by atoms with E-state index in [1.165, 1.54) is 5.57 Å². The number of carbonyl (C=O) groups is 2. The van der Waals surface area contributed by atoms with Crippen molar-refractivity contribution in [1.82, 2.24) is 0 Å². The molecule has 0 spiro atoms. The Morgan fingerprint density at radius 3 is 2.34 bits per heavy atom. The van der Waals surface area contributed by atoms with Gasteiger partial charge in [-0.2, -0.15) is 0 Å². The highest BCUT2D eigenvalue weighted by Crippen LogP contribution is 2.56. The second-order valence-corrected chi connectivity index (χ2v) is 19.6. The van der Waals surface area contributed by atoms with Gasteiger partial charge in [-0.3, -0.25) is 4.79 Å². The molecule has 9 atom stereocenters. The Hall–Kier alpha value is -1.23. The zero-order chi connectivity index (χ0) is 33.5. The van der Waals surface area contributed by atoms with E-state index in [9.17, 15) is 9.59 Å². The largest absolute Gasteiger partial charge is 0.461 e. The van der Waals surface area contributed by atoms with E-state index in [4.69, 9.17) is 18.3 Å². The maximum Gasteiger partial charge on any atom is 0.337 e. The second kappa shape index (κ2) is 13.5. The maximum absolute atomic E-state index is 13.6. The maximum atomic E-state index is 13.6. The fraction of sp³-hybridized carbons (Fsp3) is 0.833. The Morgan fingerprint density at radius 2 is 1.82 bits per heavy atom. The monoisotopic (exact) mass is 648 g/mol. The van der Waals surface area contributed by atoms with Crippen LogP contribution in [0.1, 0.15) is 115 Å². The number of rotatable bonds is 10. The summed E-state index contributed by atoms with van der Waals surface area (Å²) in [4.78, 5) is 27.1. The second-order valence-electron chi connectivity index (χ2n) is 16.9. The molecule has 8 heteroatoms. The standard InChI is InChI=1S/C36H64O6Si2/c1-14-15-23(2)30(37)40-28-21-26(32(4,5)6)20-25-17-16-24(3)36(29(25)28,42-44(12)13)19-18-27-22-34(10,33(7,8)9)35(11,41-43)31(38)39-27/h16-17,20,23-24,26-29,44H,14-15,18-19,21-22H2,1-13,43H3/t23-,24-,26+,27+,28-,29+,34+,35?,36-/m0/s1. The van der Waals surface area contributed by atoms with Crippen molar-refractivity contribution in [2.45, 2.75) is 151 Å². The zero-order valence-electron chi connectivity index (χ0n) is 30.5. The normalized spacial score (nSPS) is 36.9. The van der Waals surface area contributed by atoms with Gasteiger partial charge in [-0.15, -0.1) is 0 Å². The Morgan fingerprint density at radius 1 is 1.18 bits per heavy atom. The van der Waals surface area contributed by atoms with E-state index in [1.54, 1.807) is 0 Å². The molecule has 0 N–H and O–H groups in total. The summed E-state index contributed by atoms with van der Waals surface area (Å²) in [6.07, 6.45) is 11.2. The van der Waals surface area contributed by atoms with E-state index in [-0.39, 0.29) is 58.6 Å². The van der Waals surface area contributed by atoms with Crippen molar-refractivity contribution in [3.63, 3.8) is 0 Å². The van der Waals surface area contributed by atoms with Crippen LogP contribution in [0.25, 0.3) is 0 Å². The summed E-state index contributed by atoms with van der Waals surface area (Å²) in [5.74, 6) is -0.172. The van der Waals surface area contributed by atoms with Crippen LogP contribution in [0, 0.1) is 39.9 Å². The summed E-state index contributed by atoms with van der Waals surface area (Å²) in [7, 11) is -1.09. The zero-order valence-corrected chi connectivity index (χ0v) is 33.6.